The van der Waals surface area contributed by atoms with E-state index in [9.17, 15) is 4.79 Å². The van der Waals surface area contributed by atoms with E-state index >= 15 is 0 Å². The Morgan fingerprint density at radius 1 is 1.40 bits per heavy atom. The van der Waals surface area contributed by atoms with E-state index in [0.29, 0.717) is 6.04 Å². The van der Waals surface area contributed by atoms with Gasteiger partial charge in [-0.2, -0.15) is 0 Å². The van der Waals surface area contributed by atoms with E-state index in [2.05, 4.69) is 12.2 Å². The zero-order valence-corrected chi connectivity index (χ0v) is 10.3. The van der Waals surface area contributed by atoms with Crippen LogP contribution in [0.25, 0.3) is 0 Å². The van der Waals surface area contributed by atoms with Crippen molar-refractivity contribution in [1.29, 1.82) is 0 Å². The fraction of sp³-hybridized carbons (Fsp3) is 0.917. The van der Waals surface area contributed by atoms with Crippen molar-refractivity contribution in [2.45, 2.75) is 65.0 Å². The summed E-state index contributed by atoms with van der Waals surface area (Å²) in [5.41, 5.74) is -0.396. The predicted molar refractivity (Wildman–Crippen MR) is 60.8 cm³/mol. The van der Waals surface area contributed by atoms with Crippen LogP contribution in [0.3, 0.4) is 0 Å². The first-order valence-electron chi connectivity index (χ1n) is 5.90. The van der Waals surface area contributed by atoms with Gasteiger partial charge in [0, 0.05) is 6.04 Å². The van der Waals surface area contributed by atoms with Gasteiger partial charge in [-0.3, -0.25) is 0 Å². The molecule has 0 unspecified atom stereocenters. The lowest BCUT2D eigenvalue weighted by Gasteiger charge is -2.21. The first kappa shape index (κ1) is 12.3. The minimum Gasteiger partial charge on any atom is -0.444 e. The molecule has 0 radical (unpaired) electrons. The maximum atomic E-state index is 11.5. The van der Waals surface area contributed by atoms with Crippen molar-refractivity contribution < 1.29 is 9.53 Å². The molecule has 0 bridgehead atoms. The molecule has 88 valence electrons. The van der Waals surface area contributed by atoms with E-state index in [1.165, 1.54) is 12.8 Å². The molecular weight excluding hydrogens is 190 g/mol. The maximum absolute atomic E-state index is 11.5. The van der Waals surface area contributed by atoms with Gasteiger partial charge in [0.1, 0.15) is 5.60 Å². The summed E-state index contributed by atoms with van der Waals surface area (Å²) >= 11 is 0. The summed E-state index contributed by atoms with van der Waals surface area (Å²) in [7, 11) is 0. The van der Waals surface area contributed by atoms with Crippen molar-refractivity contribution in [3.05, 3.63) is 0 Å². The number of alkyl carbamates (subject to hydrolysis) is 1. The molecule has 15 heavy (non-hydrogen) atoms. The summed E-state index contributed by atoms with van der Waals surface area (Å²) in [5, 5.41) is 2.94. The second-order valence-electron chi connectivity index (χ2n) is 5.43. The van der Waals surface area contributed by atoms with E-state index < -0.39 is 5.60 Å². The van der Waals surface area contributed by atoms with Crippen LogP contribution in [0.1, 0.15) is 53.4 Å². The highest BCUT2D eigenvalue weighted by Gasteiger charge is 2.26. The van der Waals surface area contributed by atoms with Gasteiger partial charge in [-0.15, -0.1) is 0 Å². The minimum absolute atomic E-state index is 0.274. The number of carbonyl (C=O) groups excluding carboxylic acids is 1. The highest BCUT2D eigenvalue weighted by atomic mass is 16.6. The summed E-state index contributed by atoms with van der Waals surface area (Å²) in [6, 6.07) is 0.324. The van der Waals surface area contributed by atoms with Gasteiger partial charge < -0.3 is 10.1 Å². The number of nitrogens with one attached hydrogen (secondary N) is 1. The van der Waals surface area contributed by atoms with Crippen LogP contribution in [-0.4, -0.2) is 17.7 Å². The third-order valence-corrected chi connectivity index (χ3v) is 2.84. The molecule has 0 saturated heterocycles. The Bertz CT molecular complexity index is 220. The van der Waals surface area contributed by atoms with Gasteiger partial charge in [-0.25, -0.2) is 4.79 Å². The Hall–Kier alpha value is -0.730. The van der Waals surface area contributed by atoms with Gasteiger partial charge in [0.25, 0.3) is 0 Å². The van der Waals surface area contributed by atoms with Gasteiger partial charge in [-0.1, -0.05) is 13.3 Å². The number of ether oxygens (including phenoxy) is 1. The lowest BCUT2D eigenvalue weighted by atomic mass is 10.1. The average Bonchev–Trinajstić information content (AvgIpc) is 2.48. The van der Waals surface area contributed by atoms with E-state index in [-0.39, 0.29) is 6.09 Å². The van der Waals surface area contributed by atoms with Crippen molar-refractivity contribution in [1.82, 2.24) is 5.32 Å². The monoisotopic (exact) mass is 213 g/mol. The van der Waals surface area contributed by atoms with Crippen LogP contribution in [0.5, 0.6) is 0 Å². The number of hydrogen-bond acceptors (Lipinski definition) is 2. The SMILES string of the molecule is CC[C@@H]1CC[C@H](NC(=O)OC(C)(C)C)C1. The molecule has 1 amide bonds. The van der Waals surface area contributed by atoms with Crippen molar-refractivity contribution in [3.63, 3.8) is 0 Å². The largest absolute Gasteiger partial charge is 0.444 e. The summed E-state index contributed by atoms with van der Waals surface area (Å²) < 4.78 is 5.22. The molecule has 2 atom stereocenters. The lowest BCUT2D eigenvalue weighted by Crippen LogP contribution is -2.37. The molecule has 1 rings (SSSR count). The highest BCUT2D eigenvalue weighted by molar-refractivity contribution is 5.68. The van der Waals surface area contributed by atoms with E-state index in [1.54, 1.807) is 0 Å². The second kappa shape index (κ2) is 4.86. The third-order valence-electron chi connectivity index (χ3n) is 2.84. The van der Waals surface area contributed by atoms with Crippen LogP contribution in [0.2, 0.25) is 0 Å². The fourth-order valence-corrected chi connectivity index (χ4v) is 2.05. The van der Waals surface area contributed by atoms with Gasteiger partial charge >= 0.3 is 6.09 Å². The zero-order chi connectivity index (χ0) is 11.5. The van der Waals surface area contributed by atoms with E-state index in [1.807, 2.05) is 20.8 Å². The molecule has 0 aromatic carbocycles. The highest BCUT2D eigenvalue weighted by Crippen LogP contribution is 2.27. The van der Waals surface area contributed by atoms with Crippen LogP contribution in [-0.2, 0) is 4.74 Å². The predicted octanol–water partition coefficient (Wildman–Crippen LogP) is 3.09. The van der Waals surface area contributed by atoms with E-state index in [0.717, 1.165) is 18.8 Å². The van der Waals surface area contributed by atoms with Crippen molar-refractivity contribution in [2.75, 3.05) is 0 Å². The molecule has 1 fully saturated rings. The van der Waals surface area contributed by atoms with Gasteiger partial charge in [0.2, 0.25) is 0 Å². The lowest BCUT2D eigenvalue weighted by molar-refractivity contribution is 0.0504. The molecule has 0 heterocycles. The number of carbonyl (C=O) groups is 1. The Balaban J connectivity index is 2.28. The van der Waals surface area contributed by atoms with Crippen LogP contribution >= 0.6 is 0 Å². The van der Waals surface area contributed by atoms with Crippen molar-refractivity contribution in [3.8, 4) is 0 Å². The number of rotatable bonds is 2. The van der Waals surface area contributed by atoms with Crippen LogP contribution in [0.4, 0.5) is 4.79 Å². The topological polar surface area (TPSA) is 38.3 Å². The smallest absolute Gasteiger partial charge is 0.407 e. The molecule has 0 aliphatic heterocycles. The molecule has 0 aromatic heterocycles. The maximum Gasteiger partial charge on any atom is 0.407 e. The summed E-state index contributed by atoms with van der Waals surface area (Å²) in [6.07, 6.45) is 4.38. The Labute approximate surface area is 92.6 Å². The third kappa shape index (κ3) is 4.54. The van der Waals surface area contributed by atoms with Gasteiger partial charge in [0.05, 0.1) is 0 Å². The first-order valence-corrected chi connectivity index (χ1v) is 5.90. The van der Waals surface area contributed by atoms with Crippen molar-refractivity contribution >= 4 is 6.09 Å². The van der Waals surface area contributed by atoms with Crippen LogP contribution in [0, 0.1) is 5.92 Å². The zero-order valence-electron chi connectivity index (χ0n) is 10.3. The molecule has 0 spiro atoms. The quantitative estimate of drug-likeness (QED) is 0.765. The molecule has 3 nitrogen and oxygen atoms in total. The van der Waals surface area contributed by atoms with E-state index in [4.69, 9.17) is 4.74 Å². The molecule has 1 aliphatic rings. The summed E-state index contributed by atoms with van der Waals surface area (Å²) in [4.78, 5) is 11.5. The van der Waals surface area contributed by atoms with Gasteiger partial charge in [0.15, 0.2) is 0 Å². The molecule has 1 aliphatic carbocycles. The molecule has 1 saturated carbocycles. The number of amides is 1. The number of hydrogen-bond donors (Lipinski definition) is 1. The molecule has 1 N–H and O–H groups in total. The first-order chi connectivity index (χ1) is 6.90. The van der Waals surface area contributed by atoms with Crippen LogP contribution in [0.15, 0.2) is 0 Å². The molecular formula is C12H23NO2. The standard InChI is InChI=1S/C12H23NO2/c1-5-9-6-7-10(8-9)13-11(14)15-12(2,3)4/h9-10H,5-8H2,1-4H3,(H,13,14)/t9-,10+/m1/s1. The summed E-state index contributed by atoms with van der Waals surface area (Å²) in [5.74, 6) is 0.782. The van der Waals surface area contributed by atoms with Crippen LogP contribution < -0.4 is 5.32 Å². The molecule has 3 heteroatoms. The fourth-order valence-electron chi connectivity index (χ4n) is 2.05. The normalized spacial score (nSPS) is 26.4. The Morgan fingerprint density at radius 2 is 2.07 bits per heavy atom. The van der Waals surface area contributed by atoms with Crippen molar-refractivity contribution in [2.24, 2.45) is 5.92 Å². The van der Waals surface area contributed by atoms with Gasteiger partial charge in [-0.05, 0) is 46.0 Å². The Morgan fingerprint density at radius 3 is 2.53 bits per heavy atom. The average molecular weight is 213 g/mol. The summed E-state index contributed by atoms with van der Waals surface area (Å²) in [6.45, 7) is 7.86. The second-order valence-corrected chi connectivity index (χ2v) is 5.43. The molecule has 0 aromatic rings. The minimum atomic E-state index is -0.396. The Kier molecular flexibility index (Phi) is 4.00.